The molecule has 0 spiro atoms. The van der Waals surface area contributed by atoms with E-state index >= 15 is 0 Å². The highest BCUT2D eigenvalue weighted by Gasteiger charge is 2.24. The first kappa shape index (κ1) is 17.5. The third-order valence-electron chi connectivity index (χ3n) is 2.44. The first-order chi connectivity index (χ1) is 7.86. The fourth-order valence-corrected chi connectivity index (χ4v) is 4.56. The zero-order chi connectivity index (χ0) is 13.5. The van der Waals surface area contributed by atoms with Gasteiger partial charge in [0.2, 0.25) is 0 Å². The van der Waals surface area contributed by atoms with Gasteiger partial charge in [-0.25, -0.2) is 4.57 Å². The molecule has 104 valence electrons. The van der Waals surface area contributed by atoms with Gasteiger partial charge in [0.25, 0.3) is 0 Å². The van der Waals surface area contributed by atoms with Crippen LogP contribution in [0.2, 0.25) is 0 Å². The lowest BCUT2D eigenvalue weighted by molar-refractivity contribution is 0.187. The average Bonchev–Trinajstić information content (AvgIpc) is 2.23. The van der Waals surface area contributed by atoms with Crippen LogP contribution in [0, 0.1) is 0 Å². The monoisotopic (exact) mass is 283 g/mol. The first-order valence-electron chi connectivity index (χ1n) is 6.07. The average molecular weight is 283 g/mol. The Balaban J connectivity index is 4.15. The molecule has 0 heterocycles. The van der Waals surface area contributed by atoms with E-state index in [0.29, 0.717) is 18.7 Å². The number of nitrogens with zero attached hydrogens (tertiary/aromatic N) is 1. The Bertz CT molecular complexity index is 241. The Morgan fingerprint density at radius 2 is 1.76 bits per heavy atom. The summed E-state index contributed by atoms with van der Waals surface area (Å²) in [5, 5.41) is 0. The molecule has 0 saturated heterocycles. The minimum atomic E-state index is -2.93. The van der Waals surface area contributed by atoms with E-state index < -0.39 is 6.80 Å². The van der Waals surface area contributed by atoms with Crippen molar-refractivity contribution < 1.29 is 13.6 Å². The topological polar surface area (TPSA) is 38.8 Å². The molecular weight excluding hydrogens is 257 g/mol. The molecule has 0 bridgehead atoms. The third kappa shape index (κ3) is 6.82. The van der Waals surface area contributed by atoms with Crippen LogP contribution in [0.15, 0.2) is 0 Å². The van der Waals surface area contributed by atoms with Crippen molar-refractivity contribution in [1.29, 1.82) is 0 Å². The molecule has 0 aliphatic heterocycles. The van der Waals surface area contributed by atoms with Crippen molar-refractivity contribution in [2.24, 2.45) is 0 Å². The van der Waals surface area contributed by atoms with Crippen molar-refractivity contribution >= 4 is 18.2 Å². The SMILES string of the molecule is CCOP(=O)(OC)SCCN(C(C)C)C(C)C. The molecule has 6 heteroatoms. The molecule has 1 atom stereocenters. The van der Waals surface area contributed by atoms with E-state index in [4.69, 9.17) is 9.05 Å². The fraction of sp³-hybridized carbons (Fsp3) is 1.00. The lowest BCUT2D eigenvalue weighted by Crippen LogP contribution is -2.38. The van der Waals surface area contributed by atoms with Crippen molar-refractivity contribution in [3.05, 3.63) is 0 Å². The predicted octanol–water partition coefficient (Wildman–Crippen LogP) is 3.63. The summed E-state index contributed by atoms with van der Waals surface area (Å²) in [6, 6.07) is 0.981. The van der Waals surface area contributed by atoms with Crippen LogP contribution in [0.25, 0.3) is 0 Å². The van der Waals surface area contributed by atoms with Gasteiger partial charge >= 0.3 is 6.80 Å². The molecule has 0 amide bonds. The maximum absolute atomic E-state index is 12.0. The van der Waals surface area contributed by atoms with Crippen LogP contribution in [0.5, 0.6) is 0 Å². The summed E-state index contributed by atoms with van der Waals surface area (Å²) in [6.07, 6.45) is 0. The fourth-order valence-electron chi connectivity index (χ4n) is 1.67. The molecule has 0 fully saturated rings. The highest BCUT2D eigenvalue weighted by atomic mass is 32.7. The van der Waals surface area contributed by atoms with Crippen LogP contribution in [0.3, 0.4) is 0 Å². The quantitative estimate of drug-likeness (QED) is 0.604. The molecule has 0 N–H and O–H groups in total. The van der Waals surface area contributed by atoms with E-state index in [1.165, 1.54) is 18.5 Å². The molecule has 0 rings (SSSR count). The Morgan fingerprint density at radius 3 is 2.12 bits per heavy atom. The van der Waals surface area contributed by atoms with Crippen molar-refractivity contribution in [1.82, 2.24) is 4.90 Å². The van der Waals surface area contributed by atoms with Crippen LogP contribution < -0.4 is 0 Å². The summed E-state index contributed by atoms with van der Waals surface area (Å²) >= 11 is 1.28. The van der Waals surface area contributed by atoms with Gasteiger partial charge < -0.3 is 9.05 Å². The summed E-state index contributed by atoms with van der Waals surface area (Å²) < 4.78 is 22.1. The van der Waals surface area contributed by atoms with Crippen molar-refractivity contribution in [2.45, 2.75) is 46.7 Å². The van der Waals surface area contributed by atoms with Crippen molar-refractivity contribution in [3.8, 4) is 0 Å². The highest BCUT2D eigenvalue weighted by Crippen LogP contribution is 2.59. The second kappa shape index (κ2) is 8.54. The van der Waals surface area contributed by atoms with Crippen molar-refractivity contribution in [3.63, 3.8) is 0 Å². The predicted molar refractivity (Wildman–Crippen MR) is 75.7 cm³/mol. The number of hydrogen-bond acceptors (Lipinski definition) is 5. The van der Waals surface area contributed by atoms with Gasteiger partial charge in [0.05, 0.1) is 6.61 Å². The van der Waals surface area contributed by atoms with Gasteiger partial charge in [-0.15, -0.1) is 0 Å². The van der Waals surface area contributed by atoms with Gasteiger partial charge in [0.1, 0.15) is 0 Å². The second-order valence-electron chi connectivity index (χ2n) is 4.31. The van der Waals surface area contributed by atoms with Crippen LogP contribution >= 0.6 is 18.2 Å². The van der Waals surface area contributed by atoms with Gasteiger partial charge in [-0.05, 0) is 46.0 Å². The Kier molecular flexibility index (Phi) is 8.77. The molecule has 0 aliphatic rings. The summed E-state index contributed by atoms with van der Waals surface area (Å²) in [4.78, 5) is 2.36. The molecule has 0 radical (unpaired) electrons. The molecule has 1 unspecified atom stereocenters. The highest BCUT2D eigenvalue weighted by molar-refractivity contribution is 8.55. The van der Waals surface area contributed by atoms with Gasteiger partial charge in [-0.2, -0.15) is 0 Å². The van der Waals surface area contributed by atoms with Gasteiger partial charge in [-0.3, -0.25) is 4.90 Å². The van der Waals surface area contributed by atoms with Crippen LogP contribution in [-0.4, -0.2) is 43.0 Å². The smallest absolute Gasteiger partial charge is 0.304 e. The first-order valence-corrected chi connectivity index (χ1v) is 9.20. The number of rotatable bonds is 9. The Hall–Kier alpha value is 0.460. The minimum Gasteiger partial charge on any atom is -0.304 e. The molecule has 0 aromatic rings. The normalized spacial score (nSPS) is 15.8. The van der Waals surface area contributed by atoms with E-state index in [1.807, 2.05) is 6.92 Å². The second-order valence-corrected chi connectivity index (χ2v) is 8.61. The van der Waals surface area contributed by atoms with Gasteiger partial charge in [0.15, 0.2) is 0 Å². The van der Waals surface area contributed by atoms with Gasteiger partial charge in [0, 0.05) is 31.5 Å². The van der Waals surface area contributed by atoms with E-state index in [1.54, 1.807) is 0 Å². The summed E-state index contributed by atoms with van der Waals surface area (Å²) in [7, 11) is 1.44. The molecular formula is C11H26NO3PS. The van der Waals surface area contributed by atoms with Crippen LogP contribution in [0.1, 0.15) is 34.6 Å². The third-order valence-corrected chi connectivity index (χ3v) is 6.40. The molecule has 0 aromatic heterocycles. The van der Waals surface area contributed by atoms with Crippen molar-refractivity contribution in [2.75, 3.05) is 26.0 Å². The van der Waals surface area contributed by atoms with E-state index in [9.17, 15) is 4.57 Å². The standard InChI is InChI=1S/C11H26NO3PS/c1-7-15-16(13,14-6)17-9-8-12(10(2)3)11(4)5/h10-11H,7-9H2,1-6H3. The lowest BCUT2D eigenvalue weighted by atomic mass is 10.2. The summed E-state index contributed by atoms with van der Waals surface area (Å²) in [6.45, 7) is 8.87. The molecule has 0 aromatic carbocycles. The lowest BCUT2D eigenvalue weighted by Gasteiger charge is -2.30. The summed E-state index contributed by atoms with van der Waals surface area (Å²) in [5.74, 6) is 0.751. The largest absolute Gasteiger partial charge is 0.388 e. The number of hydrogen-bond donors (Lipinski definition) is 0. The maximum Gasteiger partial charge on any atom is 0.388 e. The molecule has 0 aliphatic carbocycles. The van der Waals surface area contributed by atoms with E-state index in [0.717, 1.165) is 12.3 Å². The molecule has 17 heavy (non-hydrogen) atoms. The Morgan fingerprint density at radius 1 is 1.24 bits per heavy atom. The summed E-state index contributed by atoms with van der Waals surface area (Å²) in [5.41, 5.74) is 0. The maximum atomic E-state index is 12.0. The zero-order valence-electron chi connectivity index (χ0n) is 11.8. The van der Waals surface area contributed by atoms with E-state index in [2.05, 4.69) is 32.6 Å². The minimum absolute atomic E-state index is 0.413. The molecule has 0 saturated carbocycles. The Labute approximate surface area is 110 Å². The van der Waals surface area contributed by atoms with E-state index in [-0.39, 0.29) is 0 Å². The van der Waals surface area contributed by atoms with Crippen LogP contribution in [0.4, 0.5) is 0 Å². The molecule has 4 nitrogen and oxygen atoms in total. The zero-order valence-corrected chi connectivity index (χ0v) is 13.5. The van der Waals surface area contributed by atoms with Gasteiger partial charge in [-0.1, -0.05) is 0 Å². The van der Waals surface area contributed by atoms with Crippen LogP contribution in [-0.2, 0) is 13.6 Å².